The molecule has 7 nitrogen and oxygen atoms in total. The van der Waals surface area contributed by atoms with Crippen LogP contribution in [0.25, 0.3) is 0 Å². The van der Waals surface area contributed by atoms with Gasteiger partial charge in [0.15, 0.2) is 0 Å². The highest BCUT2D eigenvalue weighted by molar-refractivity contribution is 5.74. The molecule has 0 radical (unpaired) electrons. The predicted molar refractivity (Wildman–Crippen MR) is 89.0 cm³/mol. The van der Waals surface area contributed by atoms with E-state index in [1.807, 2.05) is 4.90 Å². The van der Waals surface area contributed by atoms with Gasteiger partial charge in [-0.25, -0.2) is 14.8 Å². The minimum Gasteiger partial charge on any atom is -0.460 e. The molecule has 2 aliphatic rings. The van der Waals surface area contributed by atoms with E-state index < -0.39 is 0 Å². The molecule has 0 bridgehead atoms. The number of aromatic nitrogens is 2. The van der Waals surface area contributed by atoms with Gasteiger partial charge in [-0.2, -0.15) is 0 Å². The second-order valence-corrected chi connectivity index (χ2v) is 6.37. The fourth-order valence-corrected chi connectivity index (χ4v) is 3.02. The smallest absolute Gasteiger partial charge is 0.317 e. The van der Waals surface area contributed by atoms with Crippen LogP contribution in [0, 0.1) is 0 Å². The molecule has 0 unspecified atom stereocenters. The fourth-order valence-electron chi connectivity index (χ4n) is 3.02. The monoisotopic (exact) mass is 334 g/mol. The molecule has 2 saturated heterocycles. The first-order valence-corrected chi connectivity index (χ1v) is 8.85. The van der Waals surface area contributed by atoms with Crippen LogP contribution in [0.4, 0.5) is 4.79 Å². The number of aryl methyl sites for hydroxylation is 1. The van der Waals surface area contributed by atoms with E-state index in [1.165, 1.54) is 0 Å². The van der Waals surface area contributed by atoms with Gasteiger partial charge in [0.1, 0.15) is 6.10 Å². The molecule has 7 heteroatoms. The number of ether oxygens (including phenoxy) is 2. The van der Waals surface area contributed by atoms with E-state index in [0.29, 0.717) is 19.1 Å². The summed E-state index contributed by atoms with van der Waals surface area (Å²) in [6.07, 6.45) is 8.01. The highest BCUT2D eigenvalue weighted by Gasteiger charge is 2.26. The topological polar surface area (TPSA) is 76.6 Å². The van der Waals surface area contributed by atoms with Gasteiger partial charge in [0.2, 0.25) is 0 Å². The minimum atomic E-state index is 0.0314. The maximum absolute atomic E-state index is 12.3. The number of hydrogen-bond donors (Lipinski definition) is 1. The van der Waals surface area contributed by atoms with E-state index in [-0.39, 0.29) is 18.2 Å². The number of hydrogen-bond acceptors (Lipinski definition) is 5. The summed E-state index contributed by atoms with van der Waals surface area (Å²) < 4.78 is 11.2. The molecular weight excluding hydrogens is 308 g/mol. The summed E-state index contributed by atoms with van der Waals surface area (Å²) in [5, 5.41) is 3.11. The molecular formula is C17H26N4O3. The Hall–Kier alpha value is -1.89. The van der Waals surface area contributed by atoms with E-state index in [1.54, 1.807) is 12.4 Å². The first kappa shape index (κ1) is 17.0. The molecule has 132 valence electrons. The number of likely N-dealkylation sites (tertiary alicyclic amines) is 1. The Kier molecular flexibility index (Phi) is 5.85. The molecule has 1 N–H and O–H groups in total. The first-order chi connectivity index (χ1) is 11.7. The van der Waals surface area contributed by atoms with Gasteiger partial charge < -0.3 is 19.7 Å². The van der Waals surface area contributed by atoms with Gasteiger partial charge in [-0.15, -0.1) is 0 Å². The van der Waals surface area contributed by atoms with E-state index in [4.69, 9.17) is 9.47 Å². The molecule has 2 aliphatic heterocycles. The van der Waals surface area contributed by atoms with Crippen LogP contribution < -0.4 is 10.1 Å². The number of carbonyl (C=O) groups is 1. The third-order valence-electron chi connectivity index (χ3n) is 4.64. The van der Waals surface area contributed by atoms with Gasteiger partial charge in [-0.05, 0) is 24.8 Å². The average molecular weight is 334 g/mol. The Morgan fingerprint density at radius 2 is 1.92 bits per heavy atom. The maximum atomic E-state index is 12.3. The summed E-state index contributed by atoms with van der Waals surface area (Å²) >= 11 is 0. The quantitative estimate of drug-likeness (QED) is 0.908. The summed E-state index contributed by atoms with van der Waals surface area (Å²) in [4.78, 5) is 22.7. The molecule has 3 rings (SSSR count). The van der Waals surface area contributed by atoms with Crippen molar-refractivity contribution in [1.29, 1.82) is 0 Å². The molecule has 24 heavy (non-hydrogen) atoms. The third-order valence-corrected chi connectivity index (χ3v) is 4.64. The Bertz CT molecular complexity index is 523. The predicted octanol–water partition coefficient (Wildman–Crippen LogP) is 1.77. The van der Waals surface area contributed by atoms with Crippen LogP contribution in [0.2, 0.25) is 0 Å². The molecule has 1 aromatic heterocycles. The summed E-state index contributed by atoms with van der Waals surface area (Å²) in [6, 6.07) is 0.701. The van der Waals surface area contributed by atoms with Gasteiger partial charge in [0.05, 0.1) is 0 Å². The summed E-state index contributed by atoms with van der Waals surface area (Å²) in [5.74, 6) is 0. The lowest BCUT2D eigenvalue weighted by atomic mass is 10.1. The van der Waals surface area contributed by atoms with E-state index in [0.717, 1.165) is 50.9 Å². The number of nitrogens with one attached hydrogen (secondary N) is 1. The van der Waals surface area contributed by atoms with Crippen LogP contribution in [0.1, 0.15) is 38.2 Å². The molecule has 0 aromatic carbocycles. The number of rotatable bonds is 4. The second kappa shape index (κ2) is 8.28. The zero-order valence-corrected chi connectivity index (χ0v) is 14.2. The zero-order valence-electron chi connectivity index (χ0n) is 14.2. The lowest BCUT2D eigenvalue weighted by Crippen LogP contribution is -2.50. The van der Waals surface area contributed by atoms with Gasteiger partial charge in [-0.1, -0.05) is 6.92 Å². The van der Waals surface area contributed by atoms with E-state index in [9.17, 15) is 4.79 Å². The summed E-state index contributed by atoms with van der Waals surface area (Å²) in [6.45, 7) is 4.94. The molecule has 3 heterocycles. The van der Waals surface area contributed by atoms with Crippen LogP contribution in [-0.2, 0) is 11.2 Å². The van der Waals surface area contributed by atoms with E-state index in [2.05, 4.69) is 22.2 Å². The Morgan fingerprint density at radius 1 is 1.25 bits per heavy atom. The zero-order chi connectivity index (χ0) is 16.8. The number of piperidine rings is 1. The molecule has 2 amide bonds. The SMILES string of the molecule is CCc1cnc(OC2CCN(C(=O)NC3CCOCC3)CC2)nc1. The van der Waals surface area contributed by atoms with Crippen molar-refractivity contribution in [2.24, 2.45) is 0 Å². The molecule has 0 atom stereocenters. The first-order valence-electron chi connectivity index (χ1n) is 8.85. The van der Waals surface area contributed by atoms with Crippen molar-refractivity contribution in [2.45, 2.75) is 51.2 Å². The van der Waals surface area contributed by atoms with Gasteiger partial charge in [0, 0.05) is 57.6 Å². The fraction of sp³-hybridized carbons (Fsp3) is 0.706. The third kappa shape index (κ3) is 4.56. The van der Waals surface area contributed by atoms with Crippen LogP contribution in [-0.4, -0.2) is 59.3 Å². The second-order valence-electron chi connectivity index (χ2n) is 6.37. The maximum Gasteiger partial charge on any atom is 0.317 e. The highest BCUT2D eigenvalue weighted by Crippen LogP contribution is 2.16. The molecule has 0 aliphatic carbocycles. The van der Waals surface area contributed by atoms with Gasteiger partial charge >= 0.3 is 12.0 Å². The summed E-state index contributed by atoms with van der Waals surface area (Å²) in [7, 11) is 0. The minimum absolute atomic E-state index is 0.0314. The molecule has 2 fully saturated rings. The van der Waals surface area contributed by atoms with Crippen molar-refractivity contribution in [3.8, 4) is 6.01 Å². The average Bonchev–Trinajstić information content (AvgIpc) is 2.64. The van der Waals surface area contributed by atoms with Crippen molar-refractivity contribution < 1.29 is 14.3 Å². The van der Waals surface area contributed by atoms with Crippen molar-refractivity contribution in [3.05, 3.63) is 18.0 Å². The van der Waals surface area contributed by atoms with Gasteiger partial charge in [-0.3, -0.25) is 0 Å². The number of urea groups is 1. The van der Waals surface area contributed by atoms with Crippen LogP contribution in [0.3, 0.4) is 0 Å². The number of nitrogens with zero attached hydrogens (tertiary/aromatic N) is 3. The lowest BCUT2D eigenvalue weighted by Gasteiger charge is -2.33. The Morgan fingerprint density at radius 3 is 2.54 bits per heavy atom. The van der Waals surface area contributed by atoms with Crippen molar-refractivity contribution in [2.75, 3.05) is 26.3 Å². The largest absolute Gasteiger partial charge is 0.460 e. The molecule has 1 aromatic rings. The highest BCUT2D eigenvalue weighted by atomic mass is 16.5. The Labute approximate surface area is 142 Å². The van der Waals surface area contributed by atoms with Crippen LogP contribution in [0.15, 0.2) is 12.4 Å². The molecule has 0 saturated carbocycles. The lowest BCUT2D eigenvalue weighted by molar-refractivity contribution is 0.0739. The summed E-state index contributed by atoms with van der Waals surface area (Å²) in [5.41, 5.74) is 1.10. The van der Waals surface area contributed by atoms with Crippen LogP contribution in [0.5, 0.6) is 6.01 Å². The van der Waals surface area contributed by atoms with Crippen LogP contribution >= 0.6 is 0 Å². The number of amides is 2. The van der Waals surface area contributed by atoms with Gasteiger partial charge in [0.25, 0.3) is 0 Å². The number of carbonyl (C=O) groups excluding carboxylic acids is 1. The molecule has 0 spiro atoms. The van der Waals surface area contributed by atoms with Crippen molar-refractivity contribution >= 4 is 6.03 Å². The Balaban J connectivity index is 1.42. The van der Waals surface area contributed by atoms with E-state index >= 15 is 0 Å². The normalized spacial score (nSPS) is 20.0. The van der Waals surface area contributed by atoms with Crippen molar-refractivity contribution in [3.63, 3.8) is 0 Å². The van der Waals surface area contributed by atoms with Crippen molar-refractivity contribution in [1.82, 2.24) is 20.2 Å². The standard InChI is InChI=1S/C17H26N4O3/c1-2-13-11-18-16(19-12-13)24-15-3-7-21(8-4-15)17(22)20-14-5-9-23-10-6-14/h11-12,14-15H,2-10H2,1H3,(H,20,22).